The van der Waals surface area contributed by atoms with Crippen molar-refractivity contribution in [3.63, 3.8) is 0 Å². The second-order valence-electron chi connectivity index (χ2n) is 7.80. The zero-order chi connectivity index (χ0) is 23.5. The van der Waals surface area contributed by atoms with Crippen LogP contribution in [0.4, 0.5) is 5.69 Å². The van der Waals surface area contributed by atoms with Crippen LogP contribution < -0.4 is 14.8 Å². The summed E-state index contributed by atoms with van der Waals surface area (Å²) in [5.41, 5.74) is 3.56. The summed E-state index contributed by atoms with van der Waals surface area (Å²) >= 11 is 0. The van der Waals surface area contributed by atoms with E-state index in [1.807, 2.05) is 54.7 Å². The number of Topliss-reactive ketones (excluding diaryl/α,β-unsaturated/α-hetero) is 1. The van der Waals surface area contributed by atoms with Crippen molar-refractivity contribution >= 4 is 27.9 Å². The number of anilines is 1. The maximum Gasteiger partial charge on any atom is 0.193 e. The number of rotatable bonds is 9. The lowest BCUT2D eigenvalue weighted by Crippen LogP contribution is -2.22. The molecule has 0 saturated heterocycles. The van der Waals surface area contributed by atoms with E-state index in [1.54, 1.807) is 36.0 Å². The monoisotopic (exact) mass is 456 g/mol. The summed E-state index contributed by atoms with van der Waals surface area (Å²) in [7, 11) is 1.56. The number of hydrogen-bond donors (Lipinski definition) is 3. The Balaban J connectivity index is 1.58. The Hall–Kier alpha value is -4.30. The number of nitrogens with zero attached hydrogens (tertiary/aromatic N) is 2. The van der Waals surface area contributed by atoms with Crippen molar-refractivity contribution in [2.24, 2.45) is 0 Å². The number of aromatic amines is 1. The summed E-state index contributed by atoms with van der Waals surface area (Å²) < 4.78 is 12.7. The Labute approximate surface area is 195 Å². The van der Waals surface area contributed by atoms with Crippen molar-refractivity contribution in [2.45, 2.75) is 6.04 Å². The van der Waals surface area contributed by atoms with Crippen LogP contribution in [0.2, 0.25) is 0 Å². The minimum atomic E-state index is -0.767. The molecule has 8 heteroatoms. The van der Waals surface area contributed by atoms with Gasteiger partial charge in [-0.3, -0.25) is 4.79 Å². The van der Waals surface area contributed by atoms with E-state index in [1.165, 1.54) is 0 Å². The highest BCUT2D eigenvalue weighted by molar-refractivity contribution is 6.11. The van der Waals surface area contributed by atoms with Crippen molar-refractivity contribution in [3.8, 4) is 11.5 Å². The molecule has 3 N–H and O–H groups in total. The number of pyridine rings is 1. The molecular formula is C26H24N4O4. The number of ketones is 1. The van der Waals surface area contributed by atoms with E-state index in [9.17, 15) is 4.79 Å². The van der Waals surface area contributed by atoms with Crippen LogP contribution in [-0.4, -0.2) is 45.8 Å². The standard InChI is InChI=1S/C26H24N4O4/c1-33-19-12-17(13-20(15-19)34-11-10-31)28-25(24-14-18-6-4-5-9-30(18)29-24)26(32)22-16-27-23-8-3-2-7-21(22)23/h2-9,12-16,25,27-28,31H,10-11H2,1H3. The summed E-state index contributed by atoms with van der Waals surface area (Å²) in [6, 6.07) is 19.9. The number of hydrogen-bond acceptors (Lipinski definition) is 6. The molecule has 3 heterocycles. The average Bonchev–Trinajstić information content (AvgIpc) is 3.50. The second kappa shape index (κ2) is 9.29. The van der Waals surface area contributed by atoms with Gasteiger partial charge in [0.15, 0.2) is 5.78 Å². The summed E-state index contributed by atoms with van der Waals surface area (Å²) in [6.45, 7) is 0.0413. The molecule has 0 fully saturated rings. The number of methoxy groups -OCH3 is 1. The molecular weight excluding hydrogens is 432 g/mol. The molecule has 0 spiro atoms. The summed E-state index contributed by atoms with van der Waals surface area (Å²) in [4.78, 5) is 17.1. The number of nitrogens with one attached hydrogen (secondary N) is 2. The quantitative estimate of drug-likeness (QED) is 0.287. The summed E-state index contributed by atoms with van der Waals surface area (Å²) in [5.74, 6) is 0.955. The number of para-hydroxylation sites is 1. The van der Waals surface area contributed by atoms with Crippen LogP contribution in [0.15, 0.2) is 79.1 Å². The van der Waals surface area contributed by atoms with E-state index in [0.717, 1.165) is 16.4 Å². The first-order chi connectivity index (χ1) is 16.7. The van der Waals surface area contributed by atoms with Gasteiger partial charge in [0.25, 0.3) is 0 Å². The lowest BCUT2D eigenvalue weighted by molar-refractivity contribution is 0.0969. The fourth-order valence-corrected chi connectivity index (χ4v) is 3.99. The average molecular weight is 457 g/mol. The molecule has 3 aromatic heterocycles. The smallest absolute Gasteiger partial charge is 0.193 e. The predicted molar refractivity (Wildman–Crippen MR) is 130 cm³/mol. The maximum absolute atomic E-state index is 13.9. The number of fused-ring (bicyclic) bond motifs is 2. The molecule has 0 radical (unpaired) electrons. The molecule has 34 heavy (non-hydrogen) atoms. The molecule has 1 unspecified atom stereocenters. The fraction of sp³-hybridized carbons (Fsp3) is 0.154. The minimum Gasteiger partial charge on any atom is -0.497 e. The number of aliphatic hydroxyl groups is 1. The Morgan fingerprint density at radius 1 is 1.12 bits per heavy atom. The zero-order valence-corrected chi connectivity index (χ0v) is 18.6. The number of benzene rings is 2. The third-order valence-electron chi connectivity index (χ3n) is 5.59. The molecule has 8 nitrogen and oxygen atoms in total. The first-order valence-electron chi connectivity index (χ1n) is 10.9. The van der Waals surface area contributed by atoms with E-state index < -0.39 is 6.04 Å². The number of H-pyrrole nitrogens is 1. The molecule has 0 aliphatic rings. The number of carbonyl (C=O) groups is 1. The third kappa shape index (κ3) is 4.18. The molecule has 0 bridgehead atoms. The van der Waals surface area contributed by atoms with Crippen molar-refractivity contribution in [1.82, 2.24) is 14.6 Å². The van der Waals surface area contributed by atoms with Gasteiger partial charge in [0.2, 0.25) is 0 Å². The van der Waals surface area contributed by atoms with Gasteiger partial charge in [0, 0.05) is 52.7 Å². The van der Waals surface area contributed by atoms with Gasteiger partial charge in [-0.15, -0.1) is 0 Å². The van der Waals surface area contributed by atoms with Gasteiger partial charge in [0.1, 0.15) is 24.1 Å². The van der Waals surface area contributed by atoms with Crippen LogP contribution in [0.3, 0.4) is 0 Å². The topological polar surface area (TPSA) is 101 Å². The highest BCUT2D eigenvalue weighted by Crippen LogP contribution is 2.31. The lowest BCUT2D eigenvalue weighted by atomic mass is 10.0. The number of aliphatic hydroxyl groups excluding tert-OH is 1. The Morgan fingerprint density at radius 3 is 2.76 bits per heavy atom. The minimum absolute atomic E-state index is 0.108. The number of aromatic nitrogens is 3. The molecule has 0 aliphatic heterocycles. The Morgan fingerprint density at radius 2 is 1.94 bits per heavy atom. The van der Waals surface area contributed by atoms with E-state index in [-0.39, 0.29) is 19.0 Å². The maximum atomic E-state index is 13.9. The fourth-order valence-electron chi connectivity index (χ4n) is 3.99. The van der Waals surface area contributed by atoms with Crippen LogP contribution >= 0.6 is 0 Å². The van der Waals surface area contributed by atoms with E-state index in [4.69, 9.17) is 14.6 Å². The van der Waals surface area contributed by atoms with Gasteiger partial charge < -0.3 is 24.9 Å². The molecule has 0 saturated carbocycles. The van der Waals surface area contributed by atoms with Crippen LogP contribution in [0.1, 0.15) is 22.1 Å². The first kappa shape index (κ1) is 21.5. The van der Waals surface area contributed by atoms with Crippen LogP contribution in [0, 0.1) is 0 Å². The van der Waals surface area contributed by atoms with E-state index in [0.29, 0.717) is 28.4 Å². The SMILES string of the molecule is COc1cc(NC(C(=O)c2c[nH]c3ccccc23)c2cc3ccccn3n2)cc(OCCO)c1. The zero-order valence-electron chi connectivity index (χ0n) is 18.6. The first-order valence-corrected chi connectivity index (χ1v) is 10.9. The highest BCUT2D eigenvalue weighted by atomic mass is 16.5. The highest BCUT2D eigenvalue weighted by Gasteiger charge is 2.27. The van der Waals surface area contributed by atoms with Crippen molar-refractivity contribution < 1.29 is 19.4 Å². The molecule has 1 atom stereocenters. The van der Waals surface area contributed by atoms with Gasteiger partial charge in [-0.1, -0.05) is 24.3 Å². The summed E-state index contributed by atoms with van der Waals surface area (Å²) in [5, 5.41) is 18.0. The van der Waals surface area contributed by atoms with E-state index >= 15 is 0 Å². The predicted octanol–water partition coefficient (Wildman–Crippen LogP) is 4.23. The molecule has 2 aromatic carbocycles. The van der Waals surface area contributed by atoms with Gasteiger partial charge in [-0.25, -0.2) is 4.52 Å². The third-order valence-corrected chi connectivity index (χ3v) is 5.59. The number of ether oxygens (including phenoxy) is 2. The lowest BCUT2D eigenvalue weighted by Gasteiger charge is -2.18. The molecule has 172 valence electrons. The number of carbonyl (C=O) groups excluding carboxylic acids is 1. The van der Waals surface area contributed by atoms with Gasteiger partial charge in [-0.05, 0) is 24.3 Å². The Kier molecular flexibility index (Phi) is 5.88. The molecule has 0 aliphatic carbocycles. The van der Waals surface area contributed by atoms with E-state index in [2.05, 4.69) is 15.4 Å². The van der Waals surface area contributed by atoms with Gasteiger partial charge in [0.05, 0.1) is 24.9 Å². The van der Waals surface area contributed by atoms with Gasteiger partial charge in [-0.2, -0.15) is 5.10 Å². The summed E-state index contributed by atoms with van der Waals surface area (Å²) in [6.07, 6.45) is 3.58. The van der Waals surface area contributed by atoms with Crippen molar-refractivity contribution in [1.29, 1.82) is 0 Å². The second-order valence-corrected chi connectivity index (χ2v) is 7.80. The molecule has 5 rings (SSSR count). The van der Waals surface area contributed by atoms with Gasteiger partial charge >= 0.3 is 0 Å². The van der Waals surface area contributed by atoms with Crippen LogP contribution in [0.25, 0.3) is 16.4 Å². The molecule has 5 aromatic rings. The molecule has 0 amide bonds. The largest absolute Gasteiger partial charge is 0.497 e. The van der Waals surface area contributed by atoms with Crippen molar-refractivity contribution in [2.75, 3.05) is 25.6 Å². The Bertz CT molecular complexity index is 1420. The van der Waals surface area contributed by atoms with Crippen LogP contribution in [0.5, 0.6) is 11.5 Å². The normalized spacial score (nSPS) is 12.1. The van der Waals surface area contributed by atoms with Crippen molar-refractivity contribution in [3.05, 3.63) is 90.4 Å². The van der Waals surface area contributed by atoms with Crippen LogP contribution in [-0.2, 0) is 0 Å².